The number of nitrogens with one attached hydrogen (secondary N) is 1. The number of hydrogen-bond acceptors (Lipinski definition) is 6. The first kappa shape index (κ1) is 20.0. The normalized spacial score (nSPS) is 10.5. The van der Waals surface area contributed by atoms with Crippen LogP contribution in [0.3, 0.4) is 0 Å². The summed E-state index contributed by atoms with van der Waals surface area (Å²) >= 11 is 7.55. The molecule has 2 aromatic heterocycles. The van der Waals surface area contributed by atoms with Crippen LogP contribution in [0.2, 0.25) is 5.02 Å². The largest absolute Gasteiger partial charge is 0.466 e. The van der Waals surface area contributed by atoms with Crippen LogP contribution in [-0.2, 0) is 20.7 Å². The van der Waals surface area contributed by atoms with Crippen molar-refractivity contribution in [3.8, 4) is 21.7 Å². The summed E-state index contributed by atoms with van der Waals surface area (Å²) in [7, 11) is 0. The Kier molecular flexibility index (Phi) is 6.38. The highest BCUT2D eigenvalue weighted by molar-refractivity contribution is 7.15. The Bertz CT molecular complexity index is 1020. The molecule has 8 heteroatoms. The van der Waals surface area contributed by atoms with Crippen LogP contribution in [0.25, 0.3) is 21.7 Å². The zero-order valence-electron chi connectivity index (χ0n) is 15.4. The summed E-state index contributed by atoms with van der Waals surface area (Å²) in [6.45, 7) is 3.52. The SMILES string of the molecule is CCOC(=O)Cc1nc(-c2cccc(Cl)c2)c(-c2ccnc(NC(C)=O)c2)s1. The number of rotatable bonds is 6. The van der Waals surface area contributed by atoms with Crippen LogP contribution in [0, 0.1) is 0 Å². The van der Waals surface area contributed by atoms with Gasteiger partial charge in [-0.1, -0.05) is 23.7 Å². The smallest absolute Gasteiger partial charge is 0.312 e. The van der Waals surface area contributed by atoms with Crippen molar-refractivity contribution >= 4 is 40.6 Å². The Hall–Kier alpha value is -2.77. The monoisotopic (exact) mass is 415 g/mol. The second kappa shape index (κ2) is 8.95. The van der Waals surface area contributed by atoms with Crippen molar-refractivity contribution in [3.05, 3.63) is 52.6 Å². The molecule has 0 unspecified atom stereocenters. The third-order valence-corrected chi connectivity index (χ3v) is 5.04. The van der Waals surface area contributed by atoms with Crippen LogP contribution in [0.4, 0.5) is 5.82 Å². The quantitative estimate of drug-likeness (QED) is 0.595. The van der Waals surface area contributed by atoms with E-state index in [1.54, 1.807) is 25.3 Å². The minimum absolute atomic E-state index is 0.0930. The molecule has 2 heterocycles. The molecule has 0 aliphatic heterocycles. The van der Waals surface area contributed by atoms with Crippen LogP contribution in [0.5, 0.6) is 0 Å². The van der Waals surface area contributed by atoms with Gasteiger partial charge in [0, 0.05) is 23.7 Å². The topological polar surface area (TPSA) is 81.2 Å². The molecule has 3 rings (SSSR count). The molecule has 6 nitrogen and oxygen atoms in total. The van der Waals surface area contributed by atoms with E-state index < -0.39 is 0 Å². The zero-order valence-corrected chi connectivity index (χ0v) is 16.9. The van der Waals surface area contributed by atoms with Gasteiger partial charge in [0.1, 0.15) is 10.8 Å². The summed E-state index contributed by atoms with van der Waals surface area (Å²) in [5.74, 6) is -0.0801. The molecule has 1 N–H and O–H groups in total. The first-order valence-electron chi connectivity index (χ1n) is 8.61. The number of thiazole rings is 1. The molecule has 3 aromatic rings. The highest BCUT2D eigenvalue weighted by Gasteiger charge is 2.18. The average Bonchev–Trinajstić information content (AvgIpc) is 3.05. The number of nitrogens with zero attached hydrogens (tertiary/aromatic N) is 2. The van der Waals surface area contributed by atoms with Gasteiger partial charge in [0.05, 0.1) is 23.6 Å². The lowest BCUT2D eigenvalue weighted by Crippen LogP contribution is -2.07. The number of pyridine rings is 1. The summed E-state index contributed by atoms with van der Waals surface area (Å²) < 4.78 is 5.04. The van der Waals surface area contributed by atoms with Gasteiger partial charge in [-0.15, -0.1) is 11.3 Å². The Labute approximate surface area is 171 Å². The van der Waals surface area contributed by atoms with Crippen LogP contribution in [0.15, 0.2) is 42.6 Å². The average molecular weight is 416 g/mol. The van der Waals surface area contributed by atoms with Gasteiger partial charge < -0.3 is 10.1 Å². The lowest BCUT2D eigenvalue weighted by atomic mass is 10.1. The first-order valence-corrected chi connectivity index (χ1v) is 9.81. The number of halogens is 1. The van der Waals surface area contributed by atoms with Gasteiger partial charge in [-0.25, -0.2) is 9.97 Å². The number of carbonyl (C=O) groups is 2. The van der Waals surface area contributed by atoms with Gasteiger partial charge in [-0.2, -0.15) is 0 Å². The highest BCUT2D eigenvalue weighted by atomic mass is 35.5. The van der Waals surface area contributed by atoms with E-state index in [0.29, 0.717) is 28.1 Å². The molecule has 0 saturated heterocycles. The molecule has 1 amide bonds. The van der Waals surface area contributed by atoms with E-state index in [9.17, 15) is 9.59 Å². The van der Waals surface area contributed by atoms with Crippen LogP contribution >= 0.6 is 22.9 Å². The number of carbonyl (C=O) groups excluding carboxylic acids is 2. The van der Waals surface area contributed by atoms with Crippen LogP contribution in [0.1, 0.15) is 18.9 Å². The summed E-state index contributed by atoms with van der Waals surface area (Å²) in [4.78, 5) is 32.9. The second-order valence-electron chi connectivity index (χ2n) is 5.89. The Morgan fingerprint density at radius 2 is 2.04 bits per heavy atom. The number of hydrogen-bond donors (Lipinski definition) is 1. The van der Waals surface area contributed by atoms with Crippen molar-refractivity contribution in [1.82, 2.24) is 9.97 Å². The number of esters is 1. The molecule has 1 aromatic carbocycles. The van der Waals surface area contributed by atoms with Crippen molar-refractivity contribution in [3.63, 3.8) is 0 Å². The molecular formula is C20H18ClN3O3S. The molecule has 0 saturated carbocycles. The maximum atomic E-state index is 11.9. The third kappa shape index (κ3) is 4.94. The minimum Gasteiger partial charge on any atom is -0.466 e. The van der Waals surface area contributed by atoms with Gasteiger partial charge in [0.2, 0.25) is 5.91 Å². The summed E-state index contributed by atoms with van der Waals surface area (Å²) in [5, 5.41) is 3.91. The van der Waals surface area contributed by atoms with Gasteiger partial charge in [-0.3, -0.25) is 9.59 Å². The predicted molar refractivity (Wildman–Crippen MR) is 110 cm³/mol. The lowest BCUT2D eigenvalue weighted by molar-refractivity contribution is -0.142. The van der Waals surface area contributed by atoms with E-state index in [2.05, 4.69) is 15.3 Å². The van der Waals surface area contributed by atoms with E-state index in [1.807, 2.05) is 24.3 Å². The molecule has 28 heavy (non-hydrogen) atoms. The predicted octanol–water partition coefficient (Wildman–Crippen LogP) is 4.59. The number of ether oxygens (including phenoxy) is 1. The molecule has 0 atom stereocenters. The molecule has 0 aliphatic rings. The number of amides is 1. The van der Waals surface area contributed by atoms with Gasteiger partial charge in [0.15, 0.2) is 0 Å². The van der Waals surface area contributed by atoms with Gasteiger partial charge >= 0.3 is 5.97 Å². The number of anilines is 1. The molecule has 0 bridgehead atoms. The Balaban J connectivity index is 2.06. The maximum absolute atomic E-state index is 11.9. The van der Waals surface area contributed by atoms with Crippen molar-refractivity contribution < 1.29 is 14.3 Å². The van der Waals surface area contributed by atoms with Crippen LogP contribution in [-0.4, -0.2) is 28.5 Å². The molecule has 0 spiro atoms. The van der Waals surface area contributed by atoms with Gasteiger partial charge in [-0.05, 0) is 36.8 Å². The van der Waals surface area contributed by atoms with Crippen LogP contribution < -0.4 is 5.32 Å². The minimum atomic E-state index is -0.325. The molecule has 144 valence electrons. The fraction of sp³-hybridized carbons (Fsp3) is 0.200. The second-order valence-corrected chi connectivity index (χ2v) is 7.41. The maximum Gasteiger partial charge on any atom is 0.312 e. The van der Waals surface area contributed by atoms with E-state index >= 15 is 0 Å². The van der Waals surface area contributed by atoms with Crippen molar-refractivity contribution in [2.45, 2.75) is 20.3 Å². The fourth-order valence-corrected chi connectivity index (χ4v) is 3.88. The molecule has 0 radical (unpaired) electrons. The molecule has 0 fully saturated rings. The van der Waals surface area contributed by atoms with E-state index in [0.717, 1.165) is 16.0 Å². The Morgan fingerprint density at radius 1 is 1.21 bits per heavy atom. The van der Waals surface area contributed by atoms with E-state index in [1.165, 1.54) is 18.3 Å². The van der Waals surface area contributed by atoms with Crippen molar-refractivity contribution in [2.24, 2.45) is 0 Å². The fourth-order valence-electron chi connectivity index (χ4n) is 2.62. The lowest BCUT2D eigenvalue weighted by Gasteiger charge is -2.06. The zero-order chi connectivity index (χ0) is 20.1. The van der Waals surface area contributed by atoms with Crippen molar-refractivity contribution in [1.29, 1.82) is 0 Å². The molecular weight excluding hydrogens is 398 g/mol. The third-order valence-electron chi connectivity index (χ3n) is 3.70. The Morgan fingerprint density at radius 3 is 2.75 bits per heavy atom. The summed E-state index contributed by atoms with van der Waals surface area (Å²) in [5.41, 5.74) is 2.39. The van der Waals surface area contributed by atoms with E-state index in [-0.39, 0.29) is 18.3 Å². The summed E-state index contributed by atoms with van der Waals surface area (Å²) in [6.07, 6.45) is 1.71. The van der Waals surface area contributed by atoms with E-state index in [4.69, 9.17) is 16.3 Å². The first-order chi connectivity index (χ1) is 13.5. The summed E-state index contributed by atoms with van der Waals surface area (Å²) in [6, 6.07) is 11.0. The highest BCUT2D eigenvalue weighted by Crippen LogP contribution is 2.38. The number of aromatic nitrogens is 2. The molecule has 0 aliphatic carbocycles. The van der Waals surface area contributed by atoms with Gasteiger partial charge in [0.25, 0.3) is 0 Å². The standard InChI is InChI=1S/C20H18ClN3O3S/c1-3-27-18(26)11-17-24-19(13-5-4-6-15(21)9-13)20(28-17)14-7-8-22-16(10-14)23-12(2)25/h4-10H,3,11H2,1-2H3,(H,22,23,25). The number of benzene rings is 1. The van der Waals surface area contributed by atoms with Crippen molar-refractivity contribution in [2.75, 3.05) is 11.9 Å².